The number of aliphatic hydroxyl groups is 1. The summed E-state index contributed by atoms with van der Waals surface area (Å²) in [6.45, 7) is 6.49. The van der Waals surface area contributed by atoms with E-state index >= 15 is 0 Å². The maximum Gasteiger partial charge on any atom is 0.228 e. The molecule has 0 atom stereocenters. The van der Waals surface area contributed by atoms with Crippen molar-refractivity contribution in [3.63, 3.8) is 0 Å². The lowest BCUT2D eigenvalue weighted by Gasteiger charge is -2.13. The summed E-state index contributed by atoms with van der Waals surface area (Å²) in [5.41, 5.74) is 3.90. The van der Waals surface area contributed by atoms with E-state index in [1.807, 2.05) is 49.5 Å². The van der Waals surface area contributed by atoms with Crippen LogP contribution < -0.4 is 20.8 Å². The van der Waals surface area contributed by atoms with Crippen molar-refractivity contribution in [2.75, 3.05) is 17.2 Å². The maximum atomic E-state index is 10.1. The number of hydrazone groups is 1. The first kappa shape index (κ1) is 23.8. The number of aliphatic hydroxyl groups excluding tert-OH is 1. The van der Waals surface area contributed by atoms with Gasteiger partial charge in [0.1, 0.15) is 24.0 Å². The lowest BCUT2D eigenvalue weighted by atomic mass is 10.2. The number of anilines is 2. The standard InChI is InChI=1S/C25H32N6O2/c1-3-4-5-9-12-22(32)17-26-25-29-23(28-19(2)31-27-16-20-13-14-20)15-24(30-25)33-18-21-10-7-6-8-11-21/h3-4,6-8,10-12,15-16,20,31-32H,2,5,9,13-14,17-18H2,1H3,(H2,26,28,29,30)/b4-3-,22-12-,27-16+. The summed E-state index contributed by atoms with van der Waals surface area (Å²) >= 11 is 0. The molecule has 1 aromatic heterocycles. The van der Waals surface area contributed by atoms with Crippen LogP contribution in [0.2, 0.25) is 0 Å². The Kier molecular flexibility index (Phi) is 9.32. The summed E-state index contributed by atoms with van der Waals surface area (Å²) in [6.07, 6.45) is 11.7. The van der Waals surface area contributed by atoms with E-state index in [4.69, 9.17) is 4.74 Å². The van der Waals surface area contributed by atoms with Gasteiger partial charge in [0.05, 0.1) is 6.54 Å². The number of hydrogen-bond acceptors (Lipinski definition) is 8. The third kappa shape index (κ3) is 9.47. The van der Waals surface area contributed by atoms with Crippen molar-refractivity contribution >= 4 is 18.0 Å². The Morgan fingerprint density at radius 2 is 2.06 bits per heavy atom. The molecule has 1 aliphatic carbocycles. The molecule has 8 heteroatoms. The molecule has 0 spiro atoms. The topological polar surface area (TPSA) is 104 Å². The van der Waals surface area contributed by atoms with Crippen LogP contribution in [0.3, 0.4) is 0 Å². The average molecular weight is 449 g/mol. The van der Waals surface area contributed by atoms with Gasteiger partial charge in [0.2, 0.25) is 11.8 Å². The Hall–Kier alpha value is -3.81. The van der Waals surface area contributed by atoms with Crippen LogP contribution in [-0.2, 0) is 6.61 Å². The zero-order chi connectivity index (χ0) is 23.3. The van der Waals surface area contributed by atoms with Crippen molar-refractivity contribution in [2.24, 2.45) is 11.0 Å². The first-order valence-corrected chi connectivity index (χ1v) is 11.2. The zero-order valence-electron chi connectivity index (χ0n) is 19.0. The monoisotopic (exact) mass is 448 g/mol. The number of ether oxygens (including phenoxy) is 1. The van der Waals surface area contributed by atoms with Crippen molar-refractivity contribution < 1.29 is 9.84 Å². The normalized spacial score (nSPS) is 13.9. The smallest absolute Gasteiger partial charge is 0.228 e. The molecule has 4 N–H and O–H groups in total. The molecule has 1 saturated carbocycles. The molecule has 0 aliphatic heterocycles. The lowest BCUT2D eigenvalue weighted by molar-refractivity contribution is 0.294. The van der Waals surface area contributed by atoms with E-state index in [2.05, 4.69) is 43.8 Å². The molecule has 1 heterocycles. The summed E-state index contributed by atoms with van der Waals surface area (Å²) in [4.78, 5) is 8.87. The van der Waals surface area contributed by atoms with Crippen LogP contribution in [-0.4, -0.2) is 27.8 Å². The Bertz CT molecular complexity index is 984. The van der Waals surface area contributed by atoms with E-state index in [0.717, 1.165) is 18.4 Å². The van der Waals surface area contributed by atoms with Gasteiger partial charge < -0.3 is 20.5 Å². The van der Waals surface area contributed by atoms with Crippen molar-refractivity contribution in [3.8, 4) is 5.88 Å². The van der Waals surface area contributed by atoms with E-state index in [1.165, 1.54) is 12.8 Å². The van der Waals surface area contributed by atoms with Crippen LogP contribution in [0, 0.1) is 5.92 Å². The number of nitrogens with zero attached hydrogens (tertiary/aromatic N) is 3. The minimum Gasteiger partial charge on any atom is -0.511 e. The fourth-order valence-electron chi connectivity index (χ4n) is 2.78. The van der Waals surface area contributed by atoms with Crippen molar-refractivity contribution in [2.45, 2.75) is 39.2 Å². The molecule has 1 fully saturated rings. The van der Waals surface area contributed by atoms with Gasteiger partial charge in [0, 0.05) is 12.3 Å². The van der Waals surface area contributed by atoms with Crippen molar-refractivity contribution in [1.29, 1.82) is 0 Å². The van der Waals surface area contributed by atoms with Gasteiger partial charge in [-0.3, -0.25) is 5.43 Å². The summed E-state index contributed by atoms with van der Waals surface area (Å²) in [5, 5.41) is 20.4. The van der Waals surface area contributed by atoms with E-state index in [1.54, 1.807) is 12.1 Å². The summed E-state index contributed by atoms with van der Waals surface area (Å²) in [6, 6.07) is 11.5. The maximum absolute atomic E-state index is 10.1. The van der Waals surface area contributed by atoms with Gasteiger partial charge in [0.15, 0.2) is 0 Å². The second-order valence-electron chi connectivity index (χ2n) is 7.72. The second-order valence-corrected chi connectivity index (χ2v) is 7.72. The van der Waals surface area contributed by atoms with E-state index in [-0.39, 0.29) is 12.3 Å². The third-order valence-corrected chi connectivity index (χ3v) is 4.69. The number of nitrogens with one attached hydrogen (secondary N) is 3. The molecule has 0 radical (unpaired) electrons. The van der Waals surface area contributed by atoms with Gasteiger partial charge in [-0.2, -0.15) is 15.1 Å². The number of allylic oxidation sites excluding steroid dienone is 3. The highest BCUT2D eigenvalue weighted by Gasteiger charge is 2.18. The second kappa shape index (κ2) is 12.9. The molecule has 0 bridgehead atoms. The van der Waals surface area contributed by atoms with Gasteiger partial charge in [-0.15, -0.1) is 0 Å². The van der Waals surface area contributed by atoms with Crippen LogP contribution in [0.4, 0.5) is 11.8 Å². The van der Waals surface area contributed by atoms with Gasteiger partial charge in [0.25, 0.3) is 0 Å². The number of aromatic nitrogens is 2. The highest BCUT2D eigenvalue weighted by atomic mass is 16.5. The first-order chi connectivity index (χ1) is 16.1. The van der Waals surface area contributed by atoms with Gasteiger partial charge in [-0.25, -0.2) is 0 Å². The van der Waals surface area contributed by atoms with Crippen molar-refractivity contribution in [3.05, 3.63) is 78.3 Å². The van der Waals surface area contributed by atoms with E-state index in [9.17, 15) is 5.11 Å². The van der Waals surface area contributed by atoms with Crippen LogP contribution >= 0.6 is 0 Å². The number of unbranched alkanes of at least 4 members (excludes halogenated alkanes) is 1. The molecular weight excluding hydrogens is 416 g/mol. The fourth-order valence-corrected chi connectivity index (χ4v) is 2.78. The predicted molar refractivity (Wildman–Crippen MR) is 133 cm³/mol. The average Bonchev–Trinajstić information content (AvgIpc) is 3.64. The molecular formula is C25H32N6O2. The van der Waals surface area contributed by atoms with Gasteiger partial charge in [-0.05, 0) is 50.2 Å². The quantitative estimate of drug-likeness (QED) is 0.104. The van der Waals surface area contributed by atoms with Crippen molar-refractivity contribution in [1.82, 2.24) is 15.4 Å². The summed E-state index contributed by atoms with van der Waals surface area (Å²) in [7, 11) is 0. The van der Waals surface area contributed by atoms with Crippen LogP contribution in [0.1, 0.15) is 38.2 Å². The first-order valence-electron chi connectivity index (χ1n) is 11.2. The molecule has 2 aromatic rings. The Balaban J connectivity index is 1.64. The zero-order valence-corrected chi connectivity index (χ0v) is 19.0. The number of rotatable bonds is 14. The number of hydrogen-bond donors (Lipinski definition) is 4. The van der Waals surface area contributed by atoms with Gasteiger partial charge >= 0.3 is 0 Å². The summed E-state index contributed by atoms with van der Waals surface area (Å²) in [5.74, 6) is 2.49. The summed E-state index contributed by atoms with van der Waals surface area (Å²) < 4.78 is 5.88. The predicted octanol–water partition coefficient (Wildman–Crippen LogP) is 5.13. The molecule has 1 aromatic carbocycles. The fraction of sp³-hybridized carbons (Fsp3) is 0.320. The molecule has 0 saturated heterocycles. The largest absolute Gasteiger partial charge is 0.511 e. The Morgan fingerprint density at radius 3 is 2.82 bits per heavy atom. The van der Waals surface area contributed by atoms with Crippen LogP contribution in [0.25, 0.3) is 0 Å². The SMILES string of the molecule is C=C(N/N=C/C1CC1)Nc1cc(OCc2ccccc2)nc(NC/C(O)=C/CC/C=C\C)n1. The van der Waals surface area contributed by atoms with Gasteiger partial charge in [-0.1, -0.05) is 49.1 Å². The van der Waals surface area contributed by atoms with E-state index in [0.29, 0.717) is 36.0 Å². The molecule has 3 rings (SSSR count). The van der Waals surface area contributed by atoms with Crippen LogP contribution in [0.5, 0.6) is 5.88 Å². The lowest BCUT2D eigenvalue weighted by Crippen LogP contribution is -2.15. The molecule has 8 nitrogen and oxygen atoms in total. The minimum atomic E-state index is 0.211. The molecule has 0 amide bonds. The Labute approximate surface area is 195 Å². The molecule has 0 unspecified atom stereocenters. The molecule has 1 aliphatic rings. The Morgan fingerprint density at radius 1 is 1.24 bits per heavy atom. The third-order valence-electron chi connectivity index (χ3n) is 4.69. The number of benzene rings is 1. The molecule has 174 valence electrons. The minimum absolute atomic E-state index is 0.211. The highest BCUT2D eigenvalue weighted by Crippen LogP contribution is 2.26. The van der Waals surface area contributed by atoms with Crippen LogP contribution in [0.15, 0.2) is 77.9 Å². The molecule has 33 heavy (non-hydrogen) atoms. The highest BCUT2D eigenvalue weighted by molar-refractivity contribution is 5.63. The van der Waals surface area contributed by atoms with E-state index < -0.39 is 0 Å².